The number of esters is 3. The summed E-state index contributed by atoms with van der Waals surface area (Å²) in [6, 6.07) is 0. The monoisotopic (exact) mass is 1100 g/mol. The van der Waals surface area contributed by atoms with Crippen molar-refractivity contribution in [1.29, 1.82) is 0 Å². The highest BCUT2D eigenvalue weighted by molar-refractivity contribution is 5.71. The second-order valence-electron chi connectivity index (χ2n) is 20.5. The second kappa shape index (κ2) is 66.3. The van der Waals surface area contributed by atoms with Crippen LogP contribution in [0.25, 0.3) is 0 Å². The second-order valence-corrected chi connectivity index (χ2v) is 20.5. The summed E-state index contributed by atoms with van der Waals surface area (Å²) in [6.07, 6.45) is 97.8. The van der Waals surface area contributed by atoms with Gasteiger partial charge < -0.3 is 14.2 Å². The summed E-state index contributed by atoms with van der Waals surface area (Å²) in [5.74, 6) is -0.990. The highest BCUT2D eigenvalue weighted by atomic mass is 16.6. The van der Waals surface area contributed by atoms with Gasteiger partial charge in [-0.2, -0.15) is 0 Å². The first kappa shape index (κ1) is 74.8. The van der Waals surface area contributed by atoms with Crippen LogP contribution in [0.3, 0.4) is 0 Å². The molecule has 0 fully saturated rings. The van der Waals surface area contributed by atoms with Gasteiger partial charge in [-0.05, 0) is 154 Å². The van der Waals surface area contributed by atoms with Crippen LogP contribution in [0.15, 0.2) is 170 Å². The topological polar surface area (TPSA) is 78.9 Å². The van der Waals surface area contributed by atoms with E-state index in [4.69, 9.17) is 14.2 Å². The summed E-state index contributed by atoms with van der Waals surface area (Å²) in [5.41, 5.74) is 0. The van der Waals surface area contributed by atoms with Gasteiger partial charge in [0, 0.05) is 19.3 Å². The van der Waals surface area contributed by atoms with Crippen LogP contribution in [0.4, 0.5) is 0 Å². The van der Waals surface area contributed by atoms with Crippen molar-refractivity contribution in [3.63, 3.8) is 0 Å². The minimum Gasteiger partial charge on any atom is -0.462 e. The molecule has 0 aromatic carbocycles. The Kier molecular flexibility index (Phi) is 61.9. The Morgan fingerprint density at radius 3 is 0.787 bits per heavy atom. The summed E-state index contributed by atoms with van der Waals surface area (Å²) < 4.78 is 16.9. The van der Waals surface area contributed by atoms with Gasteiger partial charge in [0.15, 0.2) is 6.10 Å². The number of ether oxygens (including phenoxy) is 3. The fourth-order valence-corrected chi connectivity index (χ4v) is 8.18. The van der Waals surface area contributed by atoms with Crippen molar-refractivity contribution < 1.29 is 28.6 Å². The molecule has 0 aliphatic heterocycles. The first-order valence-corrected chi connectivity index (χ1v) is 32.1. The third kappa shape index (κ3) is 63.6. The van der Waals surface area contributed by atoms with E-state index in [0.717, 1.165) is 167 Å². The molecule has 0 heterocycles. The number of rotatable bonds is 56. The van der Waals surface area contributed by atoms with Gasteiger partial charge in [-0.25, -0.2) is 0 Å². The van der Waals surface area contributed by atoms with E-state index >= 15 is 0 Å². The van der Waals surface area contributed by atoms with E-state index < -0.39 is 6.10 Å². The number of allylic oxidation sites excluding steroid dienone is 28. The lowest BCUT2D eigenvalue weighted by Gasteiger charge is -2.18. The fourth-order valence-electron chi connectivity index (χ4n) is 8.18. The predicted octanol–water partition coefficient (Wildman–Crippen LogP) is 22.3. The molecule has 1 atom stereocenters. The van der Waals surface area contributed by atoms with E-state index in [-0.39, 0.29) is 37.5 Å². The Balaban J connectivity index is 4.53. The SMILES string of the molecule is CC/C=C\C/C=C\C/C=C\C/C=C\C/C=C\C/C=C\C/C=C\C/C=C\CCCCC(=O)OCC(COC(=O)CCCCCCC/C=C\C/C=C\CCCCCC)OC(=O)CCCCCCCC/C=C\C/C=C\C/C=C\C/C=C\CC. The van der Waals surface area contributed by atoms with Crippen LogP contribution in [0.2, 0.25) is 0 Å². The van der Waals surface area contributed by atoms with Crippen molar-refractivity contribution in [2.75, 3.05) is 13.2 Å². The van der Waals surface area contributed by atoms with Gasteiger partial charge in [-0.3, -0.25) is 14.4 Å². The lowest BCUT2D eigenvalue weighted by Crippen LogP contribution is -2.30. The Bertz CT molecular complexity index is 1840. The van der Waals surface area contributed by atoms with Crippen molar-refractivity contribution in [2.24, 2.45) is 0 Å². The summed E-state index contributed by atoms with van der Waals surface area (Å²) in [4.78, 5) is 38.3. The molecule has 0 aliphatic rings. The van der Waals surface area contributed by atoms with Crippen LogP contribution >= 0.6 is 0 Å². The molecule has 0 bridgehead atoms. The van der Waals surface area contributed by atoms with Crippen LogP contribution < -0.4 is 0 Å². The molecule has 0 aromatic rings. The molecular weight excluding hydrogens is 985 g/mol. The van der Waals surface area contributed by atoms with Gasteiger partial charge in [0.1, 0.15) is 13.2 Å². The Labute approximate surface area is 492 Å². The van der Waals surface area contributed by atoms with E-state index in [1.165, 1.54) is 44.9 Å². The molecule has 0 N–H and O–H groups in total. The van der Waals surface area contributed by atoms with Crippen molar-refractivity contribution in [1.82, 2.24) is 0 Å². The van der Waals surface area contributed by atoms with Crippen LogP contribution in [0.5, 0.6) is 0 Å². The van der Waals surface area contributed by atoms with E-state index in [2.05, 4.69) is 191 Å². The average molecular weight is 1100 g/mol. The Morgan fingerprint density at radius 2 is 0.487 bits per heavy atom. The molecule has 80 heavy (non-hydrogen) atoms. The van der Waals surface area contributed by atoms with Crippen molar-refractivity contribution in [3.8, 4) is 0 Å². The molecule has 0 aliphatic carbocycles. The van der Waals surface area contributed by atoms with Gasteiger partial charge in [0.25, 0.3) is 0 Å². The van der Waals surface area contributed by atoms with Crippen molar-refractivity contribution in [3.05, 3.63) is 170 Å². The van der Waals surface area contributed by atoms with Crippen LogP contribution in [-0.2, 0) is 28.6 Å². The first-order valence-electron chi connectivity index (χ1n) is 32.1. The lowest BCUT2D eigenvalue weighted by atomic mass is 10.1. The van der Waals surface area contributed by atoms with Crippen LogP contribution in [0.1, 0.15) is 258 Å². The highest BCUT2D eigenvalue weighted by Crippen LogP contribution is 2.13. The predicted molar refractivity (Wildman–Crippen MR) is 348 cm³/mol. The van der Waals surface area contributed by atoms with E-state index in [1.54, 1.807) is 0 Å². The van der Waals surface area contributed by atoms with Gasteiger partial charge in [-0.15, -0.1) is 0 Å². The number of carbonyl (C=O) groups is 3. The number of hydrogen-bond acceptors (Lipinski definition) is 6. The number of carbonyl (C=O) groups excluding carboxylic acids is 3. The molecule has 0 saturated heterocycles. The van der Waals surface area contributed by atoms with E-state index in [0.29, 0.717) is 19.3 Å². The summed E-state index contributed by atoms with van der Waals surface area (Å²) in [7, 11) is 0. The van der Waals surface area contributed by atoms with Crippen LogP contribution in [0, 0.1) is 0 Å². The molecule has 6 heteroatoms. The molecule has 6 nitrogen and oxygen atoms in total. The molecule has 1 unspecified atom stereocenters. The largest absolute Gasteiger partial charge is 0.462 e. The minimum absolute atomic E-state index is 0.113. The molecule has 0 aromatic heterocycles. The van der Waals surface area contributed by atoms with Crippen molar-refractivity contribution >= 4 is 17.9 Å². The Morgan fingerprint density at radius 1 is 0.263 bits per heavy atom. The van der Waals surface area contributed by atoms with Crippen molar-refractivity contribution in [2.45, 2.75) is 264 Å². The van der Waals surface area contributed by atoms with Gasteiger partial charge >= 0.3 is 17.9 Å². The molecule has 448 valence electrons. The Hall–Kier alpha value is -5.23. The molecule has 0 amide bonds. The third-order valence-electron chi connectivity index (χ3n) is 12.9. The maximum Gasteiger partial charge on any atom is 0.306 e. The molecule has 0 spiro atoms. The zero-order valence-electron chi connectivity index (χ0n) is 51.3. The van der Waals surface area contributed by atoms with Crippen LogP contribution in [-0.4, -0.2) is 37.2 Å². The van der Waals surface area contributed by atoms with Gasteiger partial charge in [-0.1, -0.05) is 255 Å². The summed E-state index contributed by atoms with van der Waals surface area (Å²) >= 11 is 0. The summed E-state index contributed by atoms with van der Waals surface area (Å²) in [5, 5.41) is 0. The standard InChI is InChI=1S/C74H116O6/c1-4-7-10-13-16-19-22-25-28-31-33-34-35-36-37-38-39-40-42-43-46-49-52-55-58-61-64-67-73(76)79-70-71(69-78-72(75)66-63-60-57-54-51-48-45-30-27-24-21-18-15-12-9-6-3)80-74(77)68-65-62-59-56-53-50-47-44-41-32-29-26-23-20-17-14-11-8-5-2/h7-8,10-11,16-17,19-21,24-26,28-30,33-34,36-37,39-41,43-46,52,55,71H,4-6,9,12-15,18,22-23,27,31-32,35,38,42,47-51,53-54,56-70H2,1-3H3/b10-7-,11-8-,19-16-,20-17-,24-21-,28-25-,29-26-,34-33-,37-36-,40-39-,44-41-,45-30-,46-43-,55-52-. The maximum atomic E-state index is 12.9. The number of unbranched alkanes of at least 4 members (excludes halogenated alkanes) is 17. The highest BCUT2D eigenvalue weighted by Gasteiger charge is 2.19. The minimum atomic E-state index is -0.821. The zero-order valence-corrected chi connectivity index (χ0v) is 51.3. The zero-order chi connectivity index (χ0) is 57.8. The fraction of sp³-hybridized carbons (Fsp3) is 0.581. The van der Waals surface area contributed by atoms with E-state index in [1.807, 2.05) is 0 Å². The molecule has 0 radical (unpaired) electrons. The van der Waals surface area contributed by atoms with E-state index in [9.17, 15) is 14.4 Å². The smallest absolute Gasteiger partial charge is 0.306 e. The van der Waals surface area contributed by atoms with Gasteiger partial charge in [0.2, 0.25) is 0 Å². The molecule has 0 rings (SSSR count). The summed E-state index contributed by atoms with van der Waals surface area (Å²) in [6.45, 7) is 6.33. The third-order valence-corrected chi connectivity index (χ3v) is 12.9. The first-order chi connectivity index (χ1) is 39.5. The normalized spacial score (nSPS) is 13.3. The van der Waals surface area contributed by atoms with Gasteiger partial charge in [0.05, 0.1) is 0 Å². The molecular formula is C74H116O6. The molecule has 0 saturated carbocycles. The quantitative estimate of drug-likeness (QED) is 0.0261. The lowest BCUT2D eigenvalue weighted by molar-refractivity contribution is -0.167. The maximum absolute atomic E-state index is 12.9. The average Bonchev–Trinajstić information content (AvgIpc) is 3.46. The number of hydrogen-bond donors (Lipinski definition) is 0.